The van der Waals surface area contributed by atoms with Crippen LogP contribution in [-0.2, 0) is 11.3 Å². The van der Waals surface area contributed by atoms with Crippen molar-refractivity contribution in [3.05, 3.63) is 38.2 Å². The van der Waals surface area contributed by atoms with Crippen molar-refractivity contribution < 1.29 is 9.53 Å². The molecule has 8 nitrogen and oxygen atoms in total. The Hall–Kier alpha value is -2.48. The number of carbonyl (C=O) groups is 1. The Bertz CT molecular complexity index is 957. The molecule has 2 heterocycles. The van der Waals surface area contributed by atoms with Crippen LogP contribution in [0.1, 0.15) is 55.1 Å². The molecule has 0 unspecified atom stereocenters. The molecule has 1 aliphatic rings. The highest BCUT2D eigenvalue weighted by Crippen LogP contribution is 2.39. The van der Waals surface area contributed by atoms with E-state index in [1.54, 1.807) is 13.2 Å². The van der Waals surface area contributed by atoms with Crippen LogP contribution < -0.4 is 16.6 Å². The number of amides is 1. The fraction of sp³-hybridized carbons (Fsp3) is 0.579. The maximum absolute atomic E-state index is 12.8. The van der Waals surface area contributed by atoms with Gasteiger partial charge in [-0.25, -0.2) is 9.78 Å². The molecule has 0 radical (unpaired) electrons. The number of nitrogens with zero attached hydrogens (tertiary/aromatic N) is 2. The van der Waals surface area contributed by atoms with Gasteiger partial charge in [0.25, 0.3) is 11.5 Å². The summed E-state index contributed by atoms with van der Waals surface area (Å²) in [5, 5.41) is 3.00. The molecule has 3 rings (SSSR count). The lowest BCUT2D eigenvalue weighted by molar-refractivity contribution is 0.0950. The van der Waals surface area contributed by atoms with Gasteiger partial charge >= 0.3 is 5.69 Å². The van der Waals surface area contributed by atoms with E-state index in [0.29, 0.717) is 31.8 Å². The molecular weight excluding hydrogens is 348 g/mol. The summed E-state index contributed by atoms with van der Waals surface area (Å²) in [6, 6.07) is 1.70. The van der Waals surface area contributed by atoms with Crippen LogP contribution in [0.4, 0.5) is 0 Å². The molecule has 1 aliphatic carbocycles. The standard InChI is InChI=1S/C19H26N4O4/c1-11(2)10-23-16-15(18(25)22-19(23)26)13(9-14(21-16)12-5-6-12)17(24)20-7-4-8-27-3/h9,11-12H,4-8,10H2,1-3H3,(H,20,24)(H,22,25,26). The molecule has 0 aliphatic heterocycles. The van der Waals surface area contributed by atoms with E-state index in [9.17, 15) is 14.4 Å². The summed E-state index contributed by atoms with van der Waals surface area (Å²) >= 11 is 0. The van der Waals surface area contributed by atoms with E-state index < -0.39 is 11.2 Å². The Morgan fingerprint density at radius 1 is 1.41 bits per heavy atom. The summed E-state index contributed by atoms with van der Waals surface area (Å²) < 4.78 is 6.46. The van der Waals surface area contributed by atoms with Crippen molar-refractivity contribution in [3.63, 3.8) is 0 Å². The molecule has 2 aromatic rings. The predicted molar refractivity (Wildman–Crippen MR) is 102 cm³/mol. The third kappa shape index (κ3) is 4.27. The summed E-state index contributed by atoms with van der Waals surface area (Å²) in [6.07, 6.45) is 2.69. The summed E-state index contributed by atoms with van der Waals surface area (Å²) in [5.41, 5.74) is 0.272. The van der Waals surface area contributed by atoms with Crippen LogP contribution >= 0.6 is 0 Å². The van der Waals surface area contributed by atoms with Crippen LogP contribution in [0.2, 0.25) is 0 Å². The first-order chi connectivity index (χ1) is 12.9. The number of aromatic nitrogens is 3. The second-order valence-electron chi connectivity index (χ2n) is 7.43. The van der Waals surface area contributed by atoms with Crippen molar-refractivity contribution in [3.8, 4) is 0 Å². The van der Waals surface area contributed by atoms with Crippen molar-refractivity contribution in [2.45, 2.75) is 45.6 Å². The third-order valence-electron chi connectivity index (χ3n) is 4.57. The van der Waals surface area contributed by atoms with Gasteiger partial charge in [0, 0.05) is 38.4 Å². The number of nitrogens with one attached hydrogen (secondary N) is 2. The first-order valence-corrected chi connectivity index (χ1v) is 9.37. The molecule has 2 N–H and O–H groups in total. The maximum atomic E-state index is 12.8. The fourth-order valence-corrected chi connectivity index (χ4v) is 3.11. The number of hydrogen-bond acceptors (Lipinski definition) is 5. The average Bonchev–Trinajstić information content (AvgIpc) is 3.46. The van der Waals surface area contributed by atoms with Crippen molar-refractivity contribution >= 4 is 16.9 Å². The molecule has 1 fully saturated rings. The van der Waals surface area contributed by atoms with E-state index in [0.717, 1.165) is 18.5 Å². The third-order valence-corrected chi connectivity index (χ3v) is 4.57. The Kier molecular flexibility index (Phi) is 5.74. The second kappa shape index (κ2) is 8.04. The van der Waals surface area contributed by atoms with Crippen molar-refractivity contribution in [2.24, 2.45) is 5.92 Å². The molecule has 0 bridgehead atoms. The zero-order valence-electron chi connectivity index (χ0n) is 16.0. The quantitative estimate of drug-likeness (QED) is 0.679. The molecule has 1 saturated carbocycles. The average molecular weight is 374 g/mol. The minimum atomic E-state index is -0.577. The van der Waals surface area contributed by atoms with Crippen LogP contribution in [0.25, 0.3) is 11.0 Å². The number of H-pyrrole nitrogens is 1. The zero-order valence-corrected chi connectivity index (χ0v) is 16.0. The van der Waals surface area contributed by atoms with E-state index in [1.807, 2.05) is 13.8 Å². The van der Waals surface area contributed by atoms with Crippen LogP contribution in [0.5, 0.6) is 0 Å². The fourth-order valence-electron chi connectivity index (χ4n) is 3.11. The number of methoxy groups -OCH3 is 1. The number of aromatic amines is 1. The molecule has 0 aromatic carbocycles. The van der Waals surface area contributed by atoms with Gasteiger partial charge in [-0.05, 0) is 31.2 Å². The van der Waals surface area contributed by atoms with Crippen LogP contribution in [0.15, 0.2) is 15.7 Å². The van der Waals surface area contributed by atoms with Gasteiger partial charge in [-0.3, -0.25) is 19.1 Å². The van der Waals surface area contributed by atoms with Gasteiger partial charge in [-0.15, -0.1) is 0 Å². The van der Waals surface area contributed by atoms with Crippen molar-refractivity contribution in [1.29, 1.82) is 0 Å². The van der Waals surface area contributed by atoms with Gasteiger partial charge in [0.1, 0.15) is 0 Å². The lowest BCUT2D eigenvalue weighted by Gasteiger charge is -2.14. The number of rotatable bonds is 8. The van der Waals surface area contributed by atoms with E-state index in [1.165, 1.54) is 4.57 Å². The first kappa shape index (κ1) is 19.3. The van der Waals surface area contributed by atoms with E-state index in [2.05, 4.69) is 15.3 Å². The molecule has 0 saturated heterocycles. The number of hydrogen-bond donors (Lipinski definition) is 2. The minimum absolute atomic E-state index is 0.170. The van der Waals surface area contributed by atoms with Gasteiger partial charge in [0.2, 0.25) is 0 Å². The summed E-state index contributed by atoms with van der Waals surface area (Å²) in [7, 11) is 1.60. The van der Waals surface area contributed by atoms with E-state index in [4.69, 9.17) is 4.74 Å². The largest absolute Gasteiger partial charge is 0.385 e. The Balaban J connectivity index is 2.12. The second-order valence-corrected chi connectivity index (χ2v) is 7.43. The van der Waals surface area contributed by atoms with Gasteiger partial charge in [0.05, 0.1) is 10.9 Å². The number of fused-ring (bicyclic) bond motifs is 1. The number of carbonyl (C=O) groups excluding carboxylic acids is 1. The molecule has 8 heteroatoms. The molecule has 27 heavy (non-hydrogen) atoms. The smallest absolute Gasteiger partial charge is 0.330 e. The van der Waals surface area contributed by atoms with Crippen LogP contribution in [0.3, 0.4) is 0 Å². The van der Waals surface area contributed by atoms with Crippen molar-refractivity contribution in [1.82, 2.24) is 19.9 Å². The highest BCUT2D eigenvalue weighted by Gasteiger charge is 2.28. The number of ether oxygens (including phenoxy) is 1. The molecule has 2 aromatic heterocycles. The highest BCUT2D eigenvalue weighted by atomic mass is 16.5. The molecular formula is C19H26N4O4. The van der Waals surface area contributed by atoms with Gasteiger partial charge in [0.15, 0.2) is 5.65 Å². The predicted octanol–water partition coefficient (Wildman–Crippen LogP) is 1.38. The Morgan fingerprint density at radius 3 is 2.78 bits per heavy atom. The molecule has 1 amide bonds. The highest BCUT2D eigenvalue weighted by molar-refractivity contribution is 6.05. The van der Waals surface area contributed by atoms with E-state index in [-0.39, 0.29) is 28.7 Å². The number of pyridine rings is 1. The Labute approximate surface area is 157 Å². The molecule has 146 valence electrons. The summed E-state index contributed by atoms with van der Waals surface area (Å²) in [4.78, 5) is 44.6. The summed E-state index contributed by atoms with van der Waals surface area (Å²) in [5.74, 6) is 0.145. The Morgan fingerprint density at radius 2 is 2.15 bits per heavy atom. The lowest BCUT2D eigenvalue weighted by Crippen LogP contribution is -2.34. The van der Waals surface area contributed by atoms with Gasteiger partial charge in [-0.2, -0.15) is 0 Å². The maximum Gasteiger partial charge on any atom is 0.330 e. The normalized spacial score (nSPS) is 14.1. The van der Waals surface area contributed by atoms with Crippen molar-refractivity contribution in [2.75, 3.05) is 20.3 Å². The minimum Gasteiger partial charge on any atom is -0.385 e. The SMILES string of the molecule is COCCCNC(=O)c1cc(C2CC2)nc2c1c(=O)[nH]c(=O)n2CC(C)C. The zero-order chi connectivity index (χ0) is 19.6. The summed E-state index contributed by atoms with van der Waals surface area (Å²) in [6.45, 7) is 5.37. The molecule has 0 spiro atoms. The monoisotopic (exact) mass is 374 g/mol. The van der Waals surface area contributed by atoms with Gasteiger partial charge in [-0.1, -0.05) is 13.8 Å². The van der Waals surface area contributed by atoms with E-state index >= 15 is 0 Å². The topological polar surface area (TPSA) is 106 Å². The molecule has 0 atom stereocenters. The van der Waals surface area contributed by atoms with Crippen LogP contribution in [-0.4, -0.2) is 40.7 Å². The lowest BCUT2D eigenvalue weighted by atomic mass is 10.1. The van der Waals surface area contributed by atoms with Gasteiger partial charge < -0.3 is 10.1 Å². The van der Waals surface area contributed by atoms with Crippen LogP contribution in [0, 0.1) is 5.92 Å². The first-order valence-electron chi connectivity index (χ1n) is 9.37.